The molecule has 0 aliphatic carbocycles. The van der Waals surface area contributed by atoms with Crippen LogP contribution in [0.25, 0.3) is 0 Å². The first-order valence-corrected chi connectivity index (χ1v) is 46.9. The van der Waals surface area contributed by atoms with E-state index in [4.69, 9.17) is 44.3 Å². The molecule has 4 rings (SSSR count). The number of hydrogen-bond donors (Lipinski definition) is 21. The molecule has 1 aliphatic heterocycles. The summed E-state index contributed by atoms with van der Waals surface area (Å²) in [4.78, 5) is 258. The van der Waals surface area contributed by atoms with Gasteiger partial charge >= 0.3 is 36.5 Å². The maximum Gasteiger partial charge on any atom is 0.430 e. The Labute approximate surface area is 839 Å². The number of carbonyl (C=O) groups excluding carboxylic acids is 20. The molecule has 0 radical (unpaired) electrons. The van der Waals surface area contributed by atoms with Crippen molar-refractivity contribution in [2.24, 2.45) is 17.8 Å². The number of ether oxygens (including phenoxy) is 1. The lowest BCUT2D eigenvalue weighted by molar-refractivity contribution is -0.405. The van der Waals surface area contributed by atoms with Gasteiger partial charge in [-0.2, -0.15) is 64.4 Å². The zero-order chi connectivity index (χ0) is 113. The van der Waals surface area contributed by atoms with Gasteiger partial charge in [0.2, 0.25) is 59.1 Å². The quantitative estimate of drug-likeness (QED) is 0.0252. The van der Waals surface area contributed by atoms with E-state index in [1.54, 1.807) is 58.0 Å². The molecule has 29 N–H and O–H groups in total. The second-order valence-electron chi connectivity index (χ2n) is 33.2. The lowest BCUT2D eigenvalue weighted by atomic mass is 9.94. The SMILES string of the molecule is CC[C@H](C)[C@@H]1NC(=O)[C@H](C)NC(=O)CNC(=O)[C@@H]([NH3+])CCCNC(=O)[C@H](CCCC[NH3+])NC(=O)[C@H](Cc2ccc(O)cc2)NC(=O)C(=O)Nc2ccc(OC)c(c2)C(=O)NNC(=O)[C@H](Cc2ccccc2)NC(=O)[C@H](CCCC[NH3+])NC(=O)[C@@H]([NH3+])CCCNC(=O)[C@H](CCSC)NC(=O)[C@H](CC(C)C)NC(=O)CNC(=O)[C@H]([C@@H](C)CC)NC1=O.O=C([O-])C(F)(F)F.O=C([O-])C(F)(F)F.O=C([O-])C(F)(F)F.O=C([O-])C(F)(F)F. The van der Waals surface area contributed by atoms with E-state index in [1.807, 2.05) is 20.1 Å². The van der Waals surface area contributed by atoms with Crippen LogP contribution in [0.3, 0.4) is 0 Å². The minimum atomic E-state index is -5.19. The predicted molar refractivity (Wildman–Crippen MR) is 485 cm³/mol. The number of thioether (sulfide) groups is 1. The summed E-state index contributed by atoms with van der Waals surface area (Å²) >= 11 is 1.43. The van der Waals surface area contributed by atoms with Gasteiger partial charge in [0.25, 0.3) is 23.6 Å². The van der Waals surface area contributed by atoms with Crippen molar-refractivity contribution >= 4 is 136 Å². The maximum absolute atomic E-state index is 14.4. The Morgan fingerprint density at radius 2 is 0.844 bits per heavy atom. The third-order valence-corrected chi connectivity index (χ3v) is 21.5. The number of phenolic OH excluding ortho intramolecular Hbond substituents is 1. The smallest absolute Gasteiger partial charge is 0.430 e. The lowest BCUT2D eigenvalue weighted by Gasteiger charge is -2.29. The third-order valence-electron chi connectivity index (χ3n) is 20.9. The molecule has 1 heterocycles. The average molecular weight is 2140 g/mol. The van der Waals surface area contributed by atoms with Crippen molar-refractivity contribution in [2.45, 2.75) is 242 Å². The summed E-state index contributed by atoms with van der Waals surface area (Å²) in [5.74, 6) is -25.9. The molecule has 3 aromatic carbocycles. The Morgan fingerprint density at radius 3 is 1.29 bits per heavy atom. The molecule has 826 valence electrons. The minimum absolute atomic E-state index is 0.0104. The van der Waals surface area contributed by atoms with E-state index in [-0.39, 0.29) is 106 Å². The van der Waals surface area contributed by atoms with E-state index in [9.17, 15) is 135 Å². The number of quaternary nitrogens is 4. The number of anilines is 1. The molecule has 0 saturated carbocycles. The van der Waals surface area contributed by atoms with E-state index >= 15 is 0 Å². The van der Waals surface area contributed by atoms with E-state index < -0.39 is 234 Å². The number of phenols is 1. The predicted octanol–water partition coefficient (Wildman–Crippen LogP) is -7.86. The molecule has 3 aromatic rings. The van der Waals surface area contributed by atoms with Gasteiger partial charge in [0, 0.05) is 44.5 Å². The standard InChI is InChI=1S/C80H124N20O18S.4C2HF3O2/c1-10-46(5)65-77(114)88-44-64(103)91-59(39-45(3)4)74(111)94-58(33-38-119-9)72(109)86-37-20-24-55(84)70(107)92-57(26-16-18-35-82)73(110)95-61(40-49-21-13-12-14-22-49)76(113)100-99-68(105)53-42-51(29-32-62(53)118-8)90-79(116)80(117)96-60(41-50-27-30-52(101)31-28-50)75(112)93-56(25-15-17-34-81)71(108)85-36-19-23-54(83)69(106)87-43-63(102)89-48(7)67(104)97-66(47(6)11-2)78(115)98-65;4*3-2(4,5)1(6)7/h12-14,21-22,27-32,42,45-48,54-61,65-66,101H,10-11,15-20,23-26,33-41,43-44,81-84H2,1-9H3,(H,85,108)(H,86,109)(H,87,106)(H,88,114)(H,89,102)(H,90,116)(H,91,103)(H,92,107)(H,93,112)(H,94,111)(H,95,110)(H,96,117)(H,97,104)(H,98,115)(H,99,105)(H,100,113);4*(H,6,7)/t46-,47-,48-,54-,55-,56-,57-,58-,59-,60-,61-,65-,66-;;;;/m0..../s1. The van der Waals surface area contributed by atoms with Crippen LogP contribution in [0.4, 0.5) is 58.4 Å². The number of aromatic hydroxyl groups is 1. The molecular weight excluding hydrogens is 2010 g/mol. The Balaban J connectivity index is 0.00000661. The molecule has 1 aliphatic rings. The van der Waals surface area contributed by atoms with E-state index in [0.717, 1.165) is 6.07 Å². The lowest BCUT2D eigenvalue weighted by Crippen LogP contribution is -2.69. The summed E-state index contributed by atoms with van der Waals surface area (Å²) in [6.07, 6.45) is -15.4. The number of rotatable bonds is 22. The Kier molecular flexibility index (Phi) is 61.2. The van der Waals surface area contributed by atoms with E-state index in [2.05, 4.69) is 108 Å². The van der Waals surface area contributed by atoms with Crippen LogP contribution in [0.2, 0.25) is 0 Å². The van der Waals surface area contributed by atoms with Crippen LogP contribution >= 0.6 is 11.8 Å². The number of alkyl halides is 12. The molecule has 2 bridgehead atoms. The molecule has 16 amide bonds. The number of methoxy groups -OCH3 is 1. The number of benzene rings is 3. The normalized spacial score (nSPS) is 21.4. The van der Waals surface area contributed by atoms with Crippen molar-refractivity contribution in [2.75, 3.05) is 63.7 Å². The fourth-order valence-corrected chi connectivity index (χ4v) is 12.9. The number of hydrogen-bond acceptors (Lipinski definition) is 27. The van der Waals surface area contributed by atoms with Crippen molar-refractivity contribution in [1.82, 2.24) is 80.0 Å². The van der Waals surface area contributed by atoms with Crippen LogP contribution < -0.4 is 133 Å². The van der Waals surface area contributed by atoms with Gasteiger partial charge in [-0.3, -0.25) is 87.6 Å². The number of nitrogens with one attached hydrogen (secondary N) is 16. The van der Waals surface area contributed by atoms with Crippen molar-refractivity contribution < 1.29 is 202 Å². The van der Waals surface area contributed by atoms with Gasteiger partial charge in [-0.1, -0.05) is 96.8 Å². The zero-order valence-corrected chi connectivity index (χ0v) is 82.5. The largest absolute Gasteiger partial charge is 0.542 e. The van der Waals surface area contributed by atoms with Gasteiger partial charge in [-0.15, -0.1) is 0 Å². The molecule has 0 saturated heterocycles. The first-order chi connectivity index (χ1) is 68.4. The van der Waals surface area contributed by atoms with Crippen LogP contribution in [0.5, 0.6) is 11.5 Å². The molecule has 0 unspecified atom stereocenters. The van der Waals surface area contributed by atoms with Crippen LogP contribution in [-0.4, -0.2) is 273 Å². The van der Waals surface area contributed by atoms with Crippen LogP contribution in [-0.2, 0) is 104 Å². The fraction of sp³-hybridized carbons (Fsp3) is 0.568. The first-order valence-electron chi connectivity index (χ1n) is 45.5. The molecule has 46 nitrogen and oxygen atoms in total. The summed E-state index contributed by atoms with van der Waals surface area (Å²) < 4.78 is 132. The van der Waals surface area contributed by atoms with Crippen molar-refractivity contribution in [1.29, 1.82) is 0 Å². The Bertz CT molecular complexity index is 4730. The Hall–Kier alpha value is -14.0. The second kappa shape index (κ2) is 67.6. The molecule has 147 heavy (non-hydrogen) atoms. The van der Waals surface area contributed by atoms with E-state index in [1.165, 1.54) is 62.2 Å². The number of fused-ring (bicyclic) bond motifs is 2. The van der Waals surface area contributed by atoms with Crippen molar-refractivity contribution in [3.8, 4) is 11.5 Å². The number of amides is 16. The summed E-state index contributed by atoms with van der Waals surface area (Å²) in [6.45, 7) is 11.8. The number of carboxylic acid groups (broad SMARTS) is 4. The monoisotopic (exact) mass is 2140 g/mol. The average Bonchev–Trinajstić information content (AvgIpc) is 0.830. The van der Waals surface area contributed by atoms with Gasteiger partial charge in [0.05, 0.1) is 38.9 Å². The molecular formula is C88H128F12N20O26S. The number of hydrazine groups is 1. The highest BCUT2D eigenvalue weighted by Crippen LogP contribution is 2.25. The number of halogens is 12. The highest BCUT2D eigenvalue weighted by atomic mass is 32.2. The van der Waals surface area contributed by atoms with Crippen LogP contribution in [0, 0.1) is 17.8 Å². The summed E-state index contributed by atoms with van der Waals surface area (Å²) in [5.41, 5.74) is 21.0. The second-order valence-corrected chi connectivity index (χ2v) is 34.2. The molecule has 13 atom stereocenters. The number of unbranched alkanes of at least 4 members (excludes halogenated alkanes) is 2. The van der Waals surface area contributed by atoms with Crippen LogP contribution in [0.15, 0.2) is 72.8 Å². The molecule has 59 heteroatoms. The third kappa shape index (κ3) is 54.7. The summed E-state index contributed by atoms with van der Waals surface area (Å²) in [5, 5.41) is 82.3. The molecule has 0 fully saturated rings. The zero-order valence-electron chi connectivity index (χ0n) is 81.7. The highest BCUT2D eigenvalue weighted by Gasteiger charge is 2.39. The van der Waals surface area contributed by atoms with Gasteiger partial charge in [-0.25, -0.2) is 0 Å². The fourth-order valence-electron chi connectivity index (χ4n) is 12.4. The molecule has 0 spiro atoms. The number of carbonyl (C=O) groups is 20. The molecule has 0 aromatic heterocycles. The van der Waals surface area contributed by atoms with Crippen molar-refractivity contribution in [3.63, 3.8) is 0 Å². The van der Waals surface area contributed by atoms with Gasteiger partial charge in [-0.05, 0) is 142 Å². The first kappa shape index (κ1) is 133. The van der Waals surface area contributed by atoms with Gasteiger partial charge in [0.15, 0.2) is 12.1 Å². The van der Waals surface area contributed by atoms with Gasteiger partial charge in [0.1, 0.15) is 89.8 Å². The Morgan fingerprint density at radius 1 is 0.442 bits per heavy atom. The minimum Gasteiger partial charge on any atom is -0.542 e. The summed E-state index contributed by atoms with van der Waals surface area (Å²) in [7, 11) is 1.25. The maximum atomic E-state index is 14.4. The van der Waals surface area contributed by atoms with Gasteiger partial charge < -0.3 is 147 Å². The summed E-state index contributed by atoms with van der Waals surface area (Å²) in [6, 6.07) is 4.86. The number of carboxylic acids is 4. The van der Waals surface area contributed by atoms with Crippen LogP contribution in [0.1, 0.15) is 160 Å². The highest BCUT2D eigenvalue weighted by molar-refractivity contribution is 7.98. The van der Waals surface area contributed by atoms with Crippen molar-refractivity contribution in [3.05, 3.63) is 89.5 Å². The van der Waals surface area contributed by atoms with E-state index in [0.29, 0.717) is 68.5 Å². The topological polar surface area (TPSA) is 766 Å². The number of aliphatic carboxylic acids is 4.